The fourth-order valence-electron chi connectivity index (χ4n) is 3.43. The molecule has 0 aliphatic heterocycles. The molecule has 1 saturated carbocycles. The lowest BCUT2D eigenvalue weighted by atomic mass is 9.87. The maximum Gasteiger partial charge on any atom is 0.423 e. The van der Waals surface area contributed by atoms with Crippen LogP contribution in [0.3, 0.4) is 0 Å². The molecule has 2 atom stereocenters. The van der Waals surface area contributed by atoms with E-state index in [2.05, 4.69) is 20.7 Å². The first kappa shape index (κ1) is 27.4. The Balaban J connectivity index is 2.65. The van der Waals surface area contributed by atoms with Crippen LogP contribution in [0.25, 0.3) is 0 Å². The van der Waals surface area contributed by atoms with Crippen molar-refractivity contribution < 1.29 is 26.9 Å². The van der Waals surface area contributed by atoms with Crippen LogP contribution in [0.1, 0.15) is 66.9 Å². The minimum Gasteiger partial charge on any atom is -0.598 e. The summed E-state index contributed by atoms with van der Waals surface area (Å²) in [6.45, 7) is 11.6. The summed E-state index contributed by atoms with van der Waals surface area (Å²) < 4.78 is 62.6. The number of sulfonamides is 1. The van der Waals surface area contributed by atoms with Gasteiger partial charge in [-0.25, -0.2) is 21.9 Å². The number of ether oxygens (including phenoxy) is 1. The number of benzene rings is 1. The first-order chi connectivity index (χ1) is 14.3. The Morgan fingerprint density at radius 2 is 1.75 bits per heavy atom. The second kappa shape index (κ2) is 8.72. The quantitative estimate of drug-likeness (QED) is 0.516. The van der Waals surface area contributed by atoms with Crippen molar-refractivity contribution in [2.75, 3.05) is 7.05 Å². The molecule has 11 heteroatoms. The third-order valence-corrected chi connectivity index (χ3v) is 10.3. The third-order valence-electron chi connectivity index (χ3n) is 5.44. The summed E-state index contributed by atoms with van der Waals surface area (Å²) in [5.74, 6) is -0.643. The maximum atomic E-state index is 15.1. The highest BCUT2D eigenvalue weighted by Gasteiger charge is 2.70. The fourth-order valence-corrected chi connectivity index (χ4v) is 6.89. The Morgan fingerprint density at radius 1 is 1.22 bits per heavy atom. The molecular weight excluding hydrogens is 523 g/mol. The molecule has 182 valence electrons. The van der Waals surface area contributed by atoms with Crippen LogP contribution in [0.5, 0.6) is 0 Å². The van der Waals surface area contributed by atoms with Crippen molar-refractivity contribution >= 4 is 43.4 Å². The van der Waals surface area contributed by atoms with Crippen LogP contribution in [0.4, 0.5) is 9.18 Å². The second-order valence-electron chi connectivity index (χ2n) is 10.2. The standard InChI is InChI=1S/C21H32BrFN2O5S2/c1-18(2,3)30-17(26)25(8)32(28,29)21(11-12-21)20(7,24-31(27)19(4,5)6)15-13-14(22)9-10-16(15)23/h9-10,13,24H,11-12H2,1-8H3/t20?,31-/m1/s1. The van der Waals surface area contributed by atoms with Gasteiger partial charge >= 0.3 is 6.09 Å². The summed E-state index contributed by atoms with van der Waals surface area (Å²) in [6.07, 6.45) is -0.726. The molecule has 1 aromatic rings. The van der Waals surface area contributed by atoms with Gasteiger partial charge in [0.1, 0.15) is 26.5 Å². The van der Waals surface area contributed by atoms with E-state index in [1.165, 1.54) is 25.1 Å². The number of hydrogen-bond donors (Lipinski definition) is 1. The fraction of sp³-hybridized carbons (Fsp3) is 0.667. The van der Waals surface area contributed by atoms with Crippen molar-refractivity contribution in [2.24, 2.45) is 0 Å². The largest absolute Gasteiger partial charge is 0.598 e. The van der Waals surface area contributed by atoms with Gasteiger partial charge in [-0.15, -0.1) is 4.72 Å². The van der Waals surface area contributed by atoms with Crippen LogP contribution in [-0.4, -0.2) is 45.5 Å². The molecule has 1 N–H and O–H groups in total. The van der Waals surface area contributed by atoms with Gasteiger partial charge in [0.15, 0.2) is 0 Å². The topological polar surface area (TPSA) is 98.8 Å². The number of halogens is 2. The number of amides is 1. The van der Waals surface area contributed by atoms with Crippen LogP contribution in [0, 0.1) is 5.82 Å². The lowest BCUT2D eigenvalue weighted by Gasteiger charge is -2.42. The van der Waals surface area contributed by atoms with Gasteiger partial charge < -0.3 is 9.29 Å². The Kier molecular flexibility index (Phi) is 7.46. The predicted molar refractivity (Wildman–Crippen MR) is 127 cm³/mol. The number of carbonyl (C=O) groups is 1. The van der Waals surface area contributed by atoms with E-state index in [1.54, 1.807) is 41.5 Å². The molecule has 32 heavy (non-hydrogen) atoms. The van der Waals surface area contributed by atoms with E-state index in [9.17, 15) is 17.8 Å². The molecule has 0 saturated heterocycles. The highest BCUT2D eigenvalue weighted by atomic mass is 79.9. The zero-order valence-electron chi connectivity index (χ0n) is 19.7. The van der Waals surface area contributed by atoms with E-state index >= 15 is 4.39 Å². The minimum atomic E-state index is -4.35. The lowest BCUT2D eigenvalue weighted by molar-refractivity contribution is 0.0417. The van der Waals surface area contributed by atoms with Gasteiger partial charge in [-0.1, -0.05) is 15.9 Å². The molecule has 0 aromatic heterocycles. The van der Waals surface area contributed by atoms with Crippen molar-refractivity contribution in [3.05, 3.63) is 34.1 Å². The molecule has 0 heterocycles. The first-order valence-electron chi connectivity index (χ1n) is 10.2. The van der Waals surface area contributed by atoms with Crippen LogP contribution in [0.15, 0.2) is 22.7 Å². The number of carbonyl (C=O) groups excluding carboxylic acids is 1. The Morgan fingerprint density at radius 3 is 2.19 bits per heavy atom. The lowest BCUT2D eigenvalue weighted by Crippen LogP contribution is -2.62. The van der Waals surface area contributed by atoms with E-state index in [1.807, 2.05) is 0 Å². The predicted octanol–water partition coefficient (Wildman–Crippen LogP) is 4.58. The molecule has 1 amide bonds. The van der Waals surface area contributed by atoms with E-state index in [4.69, 9.17) is 4.74 Å². The van der Waals surface area contributed by atoms with Gasteiger partial charge in [0.2, 0.25) is 10.0 Å². The minimum absolute atomic E-state index is 0.0446. The number of hydrogen-bond acceptors (Lipinski definition) is 6. The third kappa shape index (κ3) is 5.11. The van der Waals surface area contributed by atoms with Gasteiger partial charge in [-0.2, -0.15) is 0 Å². The van der Waals surface area contributed by atoms with E-state index in [0.717, 1.165) is 7.05 Å². The molecule has 7 nitrogen and oxygen atoms in total. The molecule has 1 unspecified atom stereocenters. The highest BCUT2D eigenvalue weighted by molar-refractivity contribution is 9.10. The monoisotopic (exact) mass is 554 g/mol. The van der Waals surface area contributed by atoms with Gasteiger partial charge in [0, 0.05) is 28.4 Å². The highest BCUT2D eigenvalue weighted by Crippen LogP contribution is 2.58. The Bertz CT molecular complexity index is 987. The zero-order valence-corrected chi connectivity index (χ0v) is 22.9. The number of nitrogens with zero attached hydrogens (tertiary/aromatic N) is 1. The Labute approximate surface area is 202 Å². The summed E-state index contributed by atoms with van der Waals surface area (Å²) >= 11 is 1.58. The molecule has 0 spiro atoms. The van der Waals surface area contributed by atoms with Gasteiger partial charge in [-0.05, 0) is 79.5 Å². The zero-order chi connectivity index (χ0) is 24.9. The van der Waals surface area contributed by atoms with E-state index in [-0.39, 0.29) is 18.4 Å². The van der Waals surface area contributed by atoms with Crippen molar-refractivity contribution in [3.8, 4) is 0 Å². The normalized spacial score (nSPS) is 19.1. The van der Waals surface area contributed by atoms with Gasteiger partial charge in [0.25, 0.3) is 0 Å². The molecular formula is C21H32BrFN2O5S2. The van der Waals surface area contributed by atoms with Crippen LogP contribution in [-0.2, 0) is 31.7 Å². The molecule has 1 aromatic carbocycles. The molecule has 0 bridgehead atoms. The summed E-state index contributed by atoms with van der Waals surface area (Å²) in [6, 6.07) is 4.20. The smallest absolute Gasteiger partial charge is 0.423 e. The average Bonchev–Trinajstić information content (AvgIpc) is 3.43. The molecule has 1 aliphatic rings. The van der Waals surface area contributed by atoms with Crippen LogP contribution >= 0.6 is 15.9 Å². The van der Waals surface area contributed by atoms with Crippen molar-refractivity contribution in [1.29, 1.82) is 0 Å². The van der Waals surface area contributed by atoms with Crippen LogP contribution in [0.2, 0.25) is 0 Å². The molecule has 2 rings (SSSR count). The van der Waals surface area contributed by atoms with Gasteiger partial charge in [0.05, 0.1) is 0 Å². The van der Waals surface area contributed by atoms with Crippen LogP contribution < -0.4 is 4.72 Å². The van der Waals surface area contributed by atoms with Crippen molar-refractivity contribution in [1.82, 2.24) is 9.03 Å². The number of rotatable bonds is 6. The first-order valence-corrected chi connectivity index (χ1v) is 13.5. The summed E-state index contributed by atoms with van der Waals surface area (Å²) in [5, 5.41) is 0. The summed E-state index contributed by atoms with van der Waals surface area (Å²) in [7, 11) is -3.22. The molecule has 1 fully saturated rings. The molecule has 1 aliphatic carbocycles. The summed E-state index contributed by atoms with van der Waals surface area (Å²) in [4.78, 5) is 12.6. The maximum absolute atomic E-state index is 15.1. The second-order valence-corrected chi connectivity index (χ2v) is 15.3. The Hall–Kier alpha value is -0.880. The number of nitrogens with one attached hydrogen (secondary N) is 1. The van der Waals surface area contributed by atoms with Crippen molar-refractivity contribution in [2.45, 2.75) is 81.9 Å². The van der Waals surface area contributed by atoms with E-state index < -0.39 is 53.9 Å². The average molecular weight is 556 g/mol. The van der Waals surface area contributed by atoms with E-state index in [0.29, 0.717) is 8.78 Å². The van der Waals surface area contributed by atoms with Crippen molar-refractivity contribution in [3.63, 3.8) is 0 Å². The summed E-state index contributed by atoms with van der Waals surface area (Å²) in [5.41, 5.74) is -2.46. The molecule has 0 radical (unpaired) electrons. The van der Waals surface area contributed by atoms with Gasteiger partial charge in [-0.3, -0.25) is 0 Å². The SMILES string of the molecule is CN(C(=O)OC(C)(C)C)S(=O)(=O)C1(C(C)(N[S@+]([O-])C(C)(C)C)c2cc(Br)ccc2F)CC1.